The molecule has 9 heavy (non-hydrogen) atoms. The topological polar surface area (TPSA) is 0 Å². The van der Waals surface area contributed by atoms with Gasteiger partial charge < -0.3 is 0 Å². The number of allylic oxidation sites excluding steroid dienone is 2. The molecule has 0 amide bonds. The summed E-state index contributed by atoms with van der Waals surface area (Å²) in [7, 11) is 0. The maximum absolute atomic E-state index is 2.34. The predicted molar refractivity (Wildman–Crippen MR) is 43.3 cm³/mol. The molecule has 0 aromatic rings. The zero-order valence-corrected chi connectivity index (χ0v) is 6.56. The van der Waals surface area contributed by atoms with Gasteiger partial charge in [-0.2, -0.15) is 0 Å². The summed E-state index contributed by atoms with van der Waals surface area (Å²) < 4.78 is 0. The monoisotopic (exact) mass is 125 g/mol. The fourth-order valence-corrected chi connectivity index (χ4v) is 0.751. The first-order chi connectivity index (χ1) is 4.41. The Bertz CT molecular complexity index is 62.4. The molecule has 0 aliphatic rings. The summed E-state index contributed by atoms with van der Waals surface area (Å²) in [4.78, 5) is 0. The molecular formula is C9H17. The van der Waals surface area contributed by atoms with Crippen molar-refractivity contribution in [3.8, 4) is 0 Å². The minimum atomic E-state index is 1.22. The van der Waals surface area contributed by atoms with Crippen LogP contribution in [0.1, 0.15) is 39.5 Å². The quantitative estimate of drug-likeness (QED) is 0.390. The van der Waals surface area contributed by atoms with E-state index in [0.29, 0.717) is 0 Å². The van der Waals surface area contributed by atoms with Crippen molar-refractivity contribution in [1.82, 2.24) is 0 Å². The predicted octanol–water partition coefficient (Wildman–Crippen LogP) is 3.35. The molecule has 0 bridgehead atoms. The minimum absolute atomic E-state index is 1.22. The van der Waals surface area contributed by atoms with E-state index in [1.807, 2.05) is 0 Å². The van der Waals surface area contributed by atoms with Crippen LogP contribution in [0.5, 0.6) is 0 Å². The highest BCUT2D eigenvalue weighted by Gasteiger charge is 1.82. The highest BCUT2D eigenvalue weighted by molar-refractivity contribution is 4.77. The van der Waals surface area contributed by atoms with Crippen LogP contribution in [0.2, 0.25) is 0 Å². The molecule has 1 radical (unpaired) electrons. The molecule has 0 N–H and O–H groups in total. The summed E-state index contributed by atoms with van der Waals surface area (Å²) in [5.41, 5.74) is 0. The third kappa shape index (κ3) is 7.74. The summed E-state index contributed by atoms with van der Waals surface area (Å²) in [5, 5.41) is 0. The molecule has 0 saturated carbocycles. The lowest BCUT2D eigenvalue weighted by Gasteiger charge is -1.92. The molecule has 0 heterocycles. The summed E-state index contributed by atoms with van der Waals surface area (Å²) in [6, 6.07) is 0. The molecular weight excluding hydrogens is 108 g/mol. The zero-order valence-electron chi connectivity index (χ0n) is 6.56. The van der Waals surface area contributed by atoms with E-state index in [1.54, 1.807) is 0 Å². The molecule has 0 nitrogen and oxygen atoms in total. The van der Waals surface area contributed by atoms with E-state index in [0.717, 1.165) is 0 Å². The lowest BCUT2D eigenvalue weighted by atomic mass is 10.1. The Hall–Kier alpha value is -0.260. The minimum Gasteiger partial charge on any atom is -0.0917 e. The molecule has 0 unspecified atom stereocenters. The van der Waals surface area contributed by atoms with Crippen molar-refractivity contribution >= 4 is 0 Å². The molecule has 0 aromatic carbocycles. The van der Waals surface area contributed by atoms with Crippen LogP contribution in [0, 0.1) is 6.42 Å². The number of unbranched alkanes of at least 4 members (excludes halogenated alkanes) is 4. The molecule has 0 fully saturated rings. The van der Waals surface area contributed by atoms with Gasteiger partial charge in [-0.1, -0.05) is 25.5 Å². The Morgan fingerprint density at radius 3 is 2.56 bits per heavy atom. The van der Waals surface area contributed by atoms with Crippen molar-refractivity contribution in [1.29, 1.82) is 0 Å². The van der Waals surface area contributed by atoms with Gasteiger partial charge in [-0.05, 0) is 32.6 Å². The maximum atomic E-state index is 2.34. The van der Waals surface area contributed by atoms with Crippen LogP contribution in [-0.4, -0.2) is 0 Å². The largest absolute Gasteiger partial charge is 0.0917 e. The van der Waals surface area contributed by atoms with Crippen LogP contribution < -0.4 is 0 Å². The summed E-state index contributed by atoms with van der Waals surface area (Å²) >= 11 is 0. The highest BCUT2D eigenvalue weighted by atomic mass is 13.9. The van der Waals surface area contributed by atoms with Crippen molar-refractivity contribution in [3.05, 3.63) is 18.6 Å². The lowest BCUT2D eigenvalue weighted by molar-refractivity contribution is 0.797. The number of hydrogen-bond acceptors (Lipinski definition) is 0. The van der Waals surface area contributed by atoms with Crippen LogP contribution in [0.25, 0.3) is 0 Å². The van der Waals surface area contributed by atoms with Gasteiger partial charge in [-0.3, -0.25) is 0 Å². The molecule has 53 valence electrons. The van der Waals surface area contributed by atoms with Crippen LogP contribution in [0.15, 0.2) is 12.2 Å². The molecule has 0 heteroatoms. The van der Waals surface area contributed by atoms with Gasteiger partial charge in [0.05, 0.1) is 0 Å². The number of hydrogen-bond donors (Lipinski definition) is 0. The SMILES string of the molecule is CC=CCCC[CH]CC. The second kappa shape index (κ2) is 7.74. The van der Waals surface area contributed by atoms with Gasteiger partial charge in [0, 0.05) is 0 Å². The summed E-state index contributed by atoms with van der Waals surface area (Å²) in [6.45, 7) is 4.26. The van der Waals surface area contributed by atoms with Crippen LogP contribution >= 0.6 is 0 Å². The first-order valence-electron chi connectivity index (χ1n) is 3.84. The second-order valence-corrected chi connectivity index (χ2v) is 2.20. The molecule has 0 saturated heterocycles. The average molecular weight is 125 g/mol. The van der Waals surface area contributed by atoms with Gasteiger partial charge in [0.1, 0.15) is 0 Å². The first-order valence-corrected chi connectivity index (χ1v) is 3.84. The fraction of sp³-hybridized carbons (Fsp3) is 0.667. The van der Waals surface area contributed by atoms with E-state index in [4.69, 9.17) is 0 Å². The van der Waals surface area contributed by atoms with E-state index >= 15 is 0 Å². The van der Waals surface area contributed by atoms with E-state index in [-0.39, 0.29) is 0 Å². The molecule has 0 aromatic heterocycles. The Morgan fingerprint density at radius 1 is 1.22 bits per heavy atom. The van der Waals surface area contributed by atoms with Crippen molar-refractivity contribution in [2.75, 3.05) is 0 Å². The molecule has 0 spiro atoms. The Kier molecular flexibility index (Phi) is 7.52. The molecule has 0 aliphatic carbocycles. The van der Waals surface area contributed by atoms with E-state index in [1.165, 1.54) is 25.7 Å². The van der Waals surface area contributed by atoms with Gasteiger partial charge in [0.25, 0.3) is 0 Å². The normalized spacial score (nSPS) is 10.9. The Balaban J connectivity index is 2.75. The van der Waals surface area contributed by atoms with Gasteiger partial charge in [-0.25, -0.2) is 0 Å². The van der Waals surface area contributed by atoms with E-state index in [9.17, 15) is 0 Å². The van der Waals surface area contributed by atoms with Crippen molar-refractivity contribution < 1.29 is 0 Å². The summed E-state index contributed by atoms with van der Waals surface area (Å²) in [6.07, 6.45) is 11.7. The van der Waals surface area contributed by atoms with Crippen LogP contribution in [0.3, 0.4) is 0 Å². The van der Waals surface area contributed by atoms with E-state index < -0.39 is 0 Å². The van der Waals surface area contributed by atoms with Gasteiger partial charge in [-0.15, -0.1) is 0 Å². The number of rotatable bonds is 5. The molecule has 0 aliphatic heterocycles. The van der Waals surface area contributed by atoms with Gasteiger partial charge in [0.15, 0.2) is 0 Å². The van der Waals surface area contributed by atoms with Crippen molar-refractivity contribution in [2.45, 2.75) is 39.5 Å². The third-order valence-electron chi connectivity index (χ3n) is 1.30. The average Bonchev–Trinajstić information content (AvgIpc) is 1.89. The first kappa shape index (κ1) is 8.74. The van der Waals surface area contributed by atoms with Crippen LogP contribution in [-0.2, 0) is 0 Å². The van der Waals surface area contributed by atoms with Crippen molar-refractivity contribution in [3.63, 3.8) is 0 Å². The molecule has 0 atom stereocenters. The molecule has 0 rings (SSSR count). The highest BCUT2D eigenvalue weighted by Crippen LogP contribution is 2.01. The Labute approximate surface area is 59.0 Å². The Morgan fingerprint density at radius 2 is 2.00 bits per heavy atom. The lowest BCUT2D eigenvalue weighted by Crippen LogP contribution is -1.73. The smallest absolute Gasteiger partial charge is 0.0351 e. The third-order valence-corrected chi connectivity index (χ3v) is 1.30. The van der Waals surface area contributed by atoms with Gasteiger partial charge >= 0.3 is 0 Å². The second-order valence-electron chi connectivity index (χ2n) is 2.20. The zero-order chi connectivity index (χ0) is 6.95. The van der Waals surface area contributed by atoms with E-state index in [2.05, 4.69) is 32.4 Å². The maximum Gasteiger partial charge on any atom is -0.0351 e. The standard InChI is InChI=1S/C9H17/c1-3-5-7-9-8-6-4-2/h3,5-6H,4,7-9H2,1-2H3. The van der Waals surface area contributed by atoms with Gasteiger partial charge in [0.2, 0.25) is 0 Å². The van der Waals surface area contributed by atoms with Crippen molar-refractivity contribution in [2.24, 2.45) is 0 Å². The van der Waals surface area contributed by atoms with Crippen LogP contribution in [0.4, 0.5) is 0 Å². The summed E-state index contributed by atoms with van der Waals surface area (Å²) in [5.74, 6) is 0. The fourth-order valence-electron chi connectivity index (χ4n) is 0.751.